The minimum Gasteiger partial charge on any atom is -0.384 e. The SMILES string of the molecule is COCC1(C(=O)NCC2(c3ccc(Cl)cc3)CCOCC2)CCNCC1. The van der Waals surface area contributed by atoms with E-state index in [0.717, 1.165) is 43.8 Å². The first-order chi connectivity index (χ1) is 12.6. The van der Waals surface area contributed by atoms with Crippen LogP contribution in [0.2, 0.25) is 5.02 Å². The van der Waals surface area contributed by atoms with E-state index in [0.29, 0.717) is 26.4 Å². The molecule has 3 rings (SSSR count). The van der Waals surface area contributed by atoms with Crippen LogP contribution in [0.3, 0.4) is 0 Å². The van der Waals surface area contributed by atoms with Crippen LogP contribution in [0.25, 0.3) is 0 Å². The average molecular weight is 381 g/mol. The Bertz CT molecular complexity index is 588. The topological polar surface area (TPSA) is 59.6 Å². The van der Waals surface area contributed by atoms with Gasteiger partial charge in [0.05, 0.1) is 12.0 Å². The lowest BCUT2D eigenvalue weighted by atomic mass is 9.73. The van der Waals surface area contributed by atoms with Gasteiger partial charge in [-0.25, -0.2) is 0 Å². The first-order valence-corrected chi connectivity index (χ1v) is 9.80. The number of carbonyl (C=O) groups excluding carboxylic acids is 1. The van der Waals surface area contributed by atoms with E-state index < -0.39 is 5.41 Å². The molecule has 1 aromatic carbocycles. The molecular formula is C20H29ClN2O3. The molecule has 26 heavy (non-hydrogen) atoms. The number of amides is 1. The van der Waals surface area contributed by atoms with Gasteiger partial charge in [-0.1, -0.05) is 23.7 Å². The third-order valence-corrected chi connectivity index (χ3v) is 6.21. The Hall–Kier alpha value is -1.14. The van der Waals surface area contributed by atoms with Gasteiger partial charge in [0, 0.05) is 37.3 Å². The van der Waals surface area contributed by atoms with E-state index >= 15 is 0 Å². The zero-order valence-corrected chi connectivity index (χ0v) is 16.2. The maximum atomic E-state index is 13.1. The molecule has 2 N–H and O–H groups in total. The molecule has 0 radical (unpaired) electrons. The Kier molecular flexibility index (Phi) is 6.56. The minimum absolute atomic E-state index is 0.0975. The van der Waals surface area contributed by atoms with Gasteiger partial charge in [-0.15, -0.1) is 0 Å². The van der Waals surface area contributed by atoms with Crippen LogP contribution in [0.15, 0.2) is 24.3 Å². The fourth-order valence-electron chi connectivity index (χ4n) is 4.19. The van der Waals surface area contributed by atoms with Crippen LogP contribution in [0.4, 0.5) is 0 Å². The number of benzene rings is 1. The van der Waals surface area contributed by atoms with Crippen molar-refractivity contribution in [2.24, 2.45) is 5.41 Å². The molecule has 6 heteroatoms. The van der Waals surface area contributed by atoms with E-state index in [9.17, 15) is 4.79 Å². The molecule has 0 spiro atoms. The Balaban J connectivity index is 1.75. The van der Waals surface area contributed by atoms with Gasteiger partial charge in [0.15, 0.2) is 0 Å². The fourth-order valence-corrected chi connectivity index (χ4v) is 4.31. The predicted molar refractivity (Wildman–Crippen MR) is 103 cm³/mol. The second-order valence-corrected chi connectivity index (χ2v) is 7.98. The Morgan fingerprint density at radius 1 is 1.19 bits per heavy atom. The lowest BCUT2D eigenvalue weighted by Gasteiger charge is -2.40. The summed E-state index contributed by atoms with van der Waals surface area (Å²) in [4.78, 5) is 13.1. The van der Waals surface area contributed by atoms with Gasteiger partial charge in [-0.3, -0.25) is 4.79 Å². The summed E-state index contributed by atoms with van der Waals surface area (Å²) in [6, 6.07) is 8.01. The maximum absolute atomic E-state index is 13.1. The third-order valence-electron chi connectivity index (χ3n) is 5.96. The lowest BCUT2D eigenvalue weighted by Crippen LogP contribution is -2.53. The first kappa shape index (κ1) is 19.6. The monoisotopic (exact) mass is 380 g/mol. The molecule has 0 atom stereocenters. The van der Waals surface area contributed by atoms with Crippen molar-refractivity contribution in [3.8, 4) is 0 Å². The number of ether oxygens (including phenoxy) is 2. The largest absolute Gasteiger partial charge is 0.384 e. The number of nitrogens with one attached hydrogen (secondary N) is 2. The molecule has 1 aromatic rings. The smallest absolute Gasteiger partial charge is 0.228 e. The summed E-state index contributed by atoms with van der Waals surface area (Å²) in [5.41, 5.74) is 0.697. The normalized spacial score (nSPS) is 21.9. The van der Waals surface area contributed by atoms with Crippen LogP contribution in [0.1, 0.15) is 31.2 Å². The highest BCUT2D eigenvalue weighted by Gasteiger charge is 2.41. The van der Waals surface area contributed by atoms with Gasteiger partial charge in [0.1, 0.15) is 0 Å². The summed E-state index contributed by atoms with van der Waals surface area (Å²) >= 11 is 6.06. The Labute approximate surface area is 160 Å². The Morgan fingerprint density at radius 3 is 2.46 bits per heavy atom. The number of methoxy groups -OCH3 is 1. The third kappa shape index (κ3) is 4.22. The molecule has 5 nitrogen and oxygen atoms in total. The van der Waals surface area contributed by atoms with Gasteiger partial charge in [0.2, 0.25) is 5.91 Å². The van der Waals surface area contributed by atoms with E-state index in [1.54, 1.807) is 7.11 Å². The number of halogens is 1. The van der Waals surface area contributed by atoms with Crippen molar-refractivity contribution in [2.75, 3.05) is 46.6 Å². The molecule has 0 bridgehead atoms. The van der Waals surface area contributed by atoms with E-state index in [-0.39, 0.29) is 11.3 Å². The van der Waals surface area contributed by atoms with Crippen LogP contribution in [-0.4, -0.2) is 52.5 Å². The highest BCUT2D eigenvalue weighted by molar-refractivity contribution is 6.30. The van der Waals surface area contributed by atoms with E-state index in [4.69, 9.17) is 21.1 Å². The average Bonchev–Trinajstić information content (AvgIpc) is 2.68. The van der Waals surface area contributed by atoms with Gasteiger partial charge in [-0.2, -0.15) is 0 Å². The molecule has 2 aliphatic rings. The maximum Gasteiger partial charge on any atom is 0.228 e. The van der Waals surface area contributed by atoms with Gasteiger partial charge in [0.25, 0.3) is 0 Å². The zero-order chi connectivity index (χ0) is 18.5. The summed E-state index contributed by atoms with van der Waals surface area (Å²) in [5, 5.41) is 7.33. The quantitative estimate of drug-likeness (QED) is 0.796. The van der Waals surface area contributed by atoms with Crippen molar-refractivity contribution < 1.29 is 14.3 Å². The highest BCUT2D eigenvalue weighted by atomic mass is 35.5. The molecule has 0 saturated carbocycles. The van der Waals surface area contributed by atoms with Crippen LogP contribution < -0.4 is 10.6 Å². The summed E-state index contributed by atoms with van der Waals surface area (Å²) in [7, 11) is 1.67. The molecule has 144 valence electrons. The van der Waals surface area contributed by atoms with Crippen molar-refractivity contribution in [1.29, 1.82) is 0 Å². The molecule has 2 aliphatic heterocycles. The van der Waals surface area contributed by atoms with Gasteiger partial charge >= 0.3 is 0 Å². The second kappa shape index (κ2) is 8.70. The van der Waals surface area contributed by atoms with E-state index in [1.807, 2.05) is 12.1 Å². The van der Waals surface area contributed by atoms with Gasteiger partial charge < -0.3 is 20.1 Å². The molecule has 2 fully saturated rings. The van der Waals surface area contributed by atoms with E-state index in [2.05, 4.69) is 22.8 Å². The van der Waals surface area contributed by atoms with Gasteiger partial charge in [-0.05, 0) is 56.5 Å². The number of carbonyl (C=O) groups is 1. The van der Waals surface area contributed by atoms with Crippen molar-refractivity contribution in [3.63, 3.8) is 0 Å². The van der Waals surface area contributed by atoms with Crippen molar-refractivity contribution in [3.05, 3.63) is 34.9 Å². The standard InChI is InChI=1S/C20H29ClN2O3/c1-25-15-20(6-10-22-11-7-20)18(24)23-14-19(8-12-26-13-9-19)16-2-4-17(21)5-3-16/h2-5,22H,6-15H2,1H3,(H,23,24). The van der Waals surface area contributed by atoms with E-state index in [1.165, 1.54) is 5.56 Å². The number of hydrogen-bond donors (Lipinski definition) is 2. The molecule has 0 aromatic heterocycles. The lowest BCUT2D eigenvalue weighted by molar-refractivity contribution is -0.136. The second-order valence-electron chi connectivity index (χ2n) is 7.55. The fraction of sp³-hybridized carbons (Fsp3) is 0.650. The molecule has 2 saturated heterocycles. The predicted octanol–water partition coefficient (Wildman–Crippen LogP) is 2.52. The summed E-state index contributed by atoms with van der Waals surface area (Å²) in [6.45, 7) is 4.23. The van der Waals surface area contributed by atoms with Crippen molar-refractivity contribution >= 4 is 17.5 Å². The summed E-state index contributed by atoms with van der Waals surface area (Å²) in [5.74, 6) is 0.112. The molecule has 0 aliphatic carbocycles. The number of hydrogen-bond acceptors (Lipinski definition) is 4. The van der Waals surface area contributed by atoms with Crippen LogP contribution in [0.5, 0.6) is 0 Å². The van der Waals surface area contributed by atoms with Crippen molar-refractivity contribution in [2.45, 2.75) is 31.1 Å². The summed E-state index contributed by atoms with van der Waals surface area (Å²) < 4.78 is 11.0. The molecule has 1 amide bonds. The molecule has 2 heterocycles. The zero-order valence-electron chi connectivity index (χ0n) is 15.5. The minimum atomic E-state index is -0.424. The van der Waals surface area contributed by atoms with Crippen LogP contribution >= 0.6 is 11.6 Å². The number of piperidine rings is 1. The van der Waals surface area contributed by atoms with Crippen LogP contribution in [0, 0.1) is 5.41 Å². The number of rotatable bonds is 6. The van der Waals surface area contributed by atoms with Crippen LogP contribution in [-0.2, 0) is 19.7 Å². The summed E-state index contributed by atoms with van der Waals surface area (Å²) in [6.07, 6.45) is 3.41. The van der Waals surface area contributed by atoms with Crippen molar-refractivity contribution in [1.82, 2.24) is 10.6 Å². The molecular weight excluding hydrogens is 352 g/mol. The molecule has 0 unspecified atom stereocenters. The Morgan fingerprint density at radius 2 is 1.85 bits per heavy atom. The first-order valence-electron chi connectivity index (χ1n) is 9.42. The highest BCUT2D eigenvalue weighted by Crippen LogP contribution is 2.36.